The number of aromatic nitrogens is 2. The normalized spacial score (nSPS) is 19.3. The molecule has 1 aliphatic carbocycles. The molecular weight excluding hydrogens is 234 g/mol. The number of likely N-dealkylation sites (N-methyl/N-ethyl adjacent to an activating group) is 1. The van der Waals surface area contributed by atoms with Gasteiger partial charge in [0, 0.05) is 25.7 Å². The van der Waals surface area contributed by atoms with E-state index in [1.807, 2.05) is 17.9 Å². The number of hydrogen-bond acceptors (Lipinski definition) is 2. The monoisotopic (exact) mass is 263 g/mol. The van der Waals surface area contributed by atoms with Gasteiger partial charge < -0.3 is 5.32 Å². The van der Waals surface area contributed by atoms with Gasteiger partial charge in [0.25, 0.3) is 0 Å². The molecule has 0 saturated heterocycles. The van der Waals surface area contributed by atoms with E-state index in [2.05, 4.69) is 23.4 Å². The van der Waals surface area contributed by atoms with Crippen LogP contribution in [0.1, 0.15) is 57.6 Å². The average Bonchev–Trinajstić information content (AvgIpc) is 2.64. The minimum Gasteiger partial charge on any atom is -0.314 e. The van der Waals surface area contributed by atoms with Crippen molar-refractivity contribution in [3.63, 3.8) is 0 Å². The van der Waals surface area contributed by atoms with Gasteiger partial charge in [-0.25, -0.2) is 0 Å². The van der Waals surface area contributed by atoms with Crippen LogP contribution in [0.3, 0.4) is 0 Å². The second-order valence-electron chi connectivity index (χ2n) is 6.03. The molecule has 0 aromatic carbocycles. The van der Waals surface area contributed by atoms with Crippen molar-refractivity contribution in [2.75, 3.05) is 6.54 Å². The van der Waals surface area contributed by atoms with Gasteiger partial charge in [-0.05, 0) is 24.9 Å². The average molecular weight is 263 g/mol. The van der Waals surface area contributed by atoms with E-state index in [0.29, 0.717) is 6.04 Å². The highest BCUT2D eigenvalue weighted by molar-refractivity contribution is 5.01. The van der Waals surface area contributed by atoms with E-state index in [9.17, 15) is 0 Å². The van der Waals surface area contributed by atoms with Crippen molar-refractivity contribution >= 4 is 0 Å². The van der Waals surface area contributed by atoms with Gasteiger partial charge in [-0.15, -0.1) is 0 Å². The highest BCUT2D eigenvalue weighted by Crippen LogP contribution is 2.27. The van der Waals surface area contributed by atoms with E-state index in [4.69, 9.17) is 0 Å². The van der Waals surface area contributed by atoms with Crippen molar-refractivity contribution in [1.29, 1.82) is 0 Å². The zero-order valence-corrected chi connectivity index (χ0v) is 12.6. The van der Waals surface area contributed by atoms with Crippen molar-refractivity contribution in [2.45, 2.75) is 64.3 Å². The molecule has 1 aromatic rings. The third-order valence-electron chi connectivity index (χ3n) is 4.31. The SMILES string of the molecule is CCNC(Cc1ccn(C)n1)CC1CCCCCC1. The molecule has 1 saturated carbocycles. The number of rotatable bonds is 6. The van der Waals surface area contributed by atoms with Crippen molar-refractivity contribution in [1.82, 2.24) is 15.1 Å². The van der Waals surface area contributed by atoms with Gasteiger partial charge in [0.15, 0.2) is 0 Å². The highest BCUT2D eigenvalue weighted by atomic mass is 15.2. The maximum absolute atomic E-state index is 4.52. The molecule has 3 nitrogen and oxygen atoms in total. The molecule has 1 atom stereocenters. The first-order valence-electron chi connectivity index (χ1n) is 8.00. The lowest BCUT2D eigenvalue weighted by molar-refractivity contribution is 0.351. The Morgan fingerprint density at radius 2 is 2.05 bits per heavy atom. The second kappa shape index (κ2) is 7.68. The van der Waals surface area contributed by atoms with Crippen molar-refractivity contribution < 1.29 is 0 Å². The molecule has 108 valence electrons. The van der Waals surface area contributed by atoms with Crippen LogP contribution in [-0.2, 0) is 13.5 Å². The maximum atomic E-state index is 4.52. The molecule has 0 amide bonds. The molecule has 3 heteroatoms. The summed E-state index contributed by atoms with van der Waals surface area (Å²) in [5.74, 6) is 0.926. The number of nitrogens with one attached hydrogen (secondary N) is 1. The fourth-order valence-corrected chi connectivity index (χ4v) is 3.35. The van der Waals surface area contributed by atoms with Crippen LogP contribution in [0.15, 0.2) is 12.3 Å². The Bertz CT molecular complexity index is 351. The minimum absolute atomic E-state index is 0.600. The van der Waals surface area contributed by atoms with E-state index < -0.39 is 0 Å². The largest absolute Gasteiger partial charge is 0.314 e. The molecule has 1 N–H and O–H groups in total. The van der Waals surface area contributed by atoms with E-state index in [1.54, 1.807) is 0 Å². The zero-order chi connectivity index (χ0) is 13.5. The fraction of sp³-hybridized carbons (Fsp3) is 0.812. The molecular formula is C16H29N3. The molecule has 1 aromatic heterocycles. The summed E-state index contributed by atoms with van der Waals surface area (Å²) in [6, 6.07) is 2.75. The Morgan fingerprint density at radius 1 is 1.32 bits per heavy atom. The third-order valence-corrected chi connectivity index (χ3v) is 4.31. The third kappa shape index (κ3) is 4.98. The first kappa shape index (κ1) is 14.6. The van der Waals surface area contributed by atoms with E-state index in [0.717, 1.165) is 18.9 Å². The van der Waals surface area contributed by atoms with Crippen LogP contribution < -0.4 is 5.32 Å². The topological polar surface area (TPSA) is 29.9 Å². The zero-order valence-electron chi connectivity index (χ0n) is 12.6. The highest BCUT2D eigenvalue weighted by Gasteiger charge is 2.18. The van der Waals surface area contributed by atoms with Gasteiger partial charge in [0.2, 0.25) is 0 Å². The van der Waals surface area contributed by atoms with Crippen LogP contribution in [0.2, 0.25) is 0 Å². The number of hydrogen-bond donors (Lipinski definition) is 1. The van der Waals surface area contributed by atoms with Gasteiger partial charge in [0.05, 0.1) is 5.69 Å². The Hall–Kier alpha value is -0.830. The first-order valence-corrected chi connectivity index (χ1v) is 8.00. The fourth-order valence-electron chi connectivity index (χ4n) is 3.35. The summed E-state index contributed by atoms with van der Waals surface area (Å²) in [6.07, 6.45) is 13.1. The van der Waals surface area contributed by atoms with E-state index in [-0.39, 0.29) is 0 Å². The molecule has 0 bridgehead atoms. The second-order valence-corrected chi connectivity index (χ2v) is 6.03. The van der Waals surface area contributed by atoms with Gasteiger partial charge in [-0.3, -0.25) is 4.68 Å². The Morgan fingerprint density at radius 3 is 2.63 bits per heavy atom. The number of aryl methyl sites for hydroxylation is 1. The Kier molecular flexibility index (Phi) is 5.90. The van der Waals surface area contributed by atoms with Gasteiger partial charge in [-0.1, -0.05) is 45.4 Å². The summed E-state index contributed by atoms with van der Waals surface area (Å²) in [4.78, 5) is 0. The Labute approximate surface area is 117 Å². The van der Waals surface area contributed by atoms with Crippen LogP contribution in [0, 0.1) is 5.92 Å². The summed E-state index contributed by atoms with van der Waals surface area (Å²) in [7, 11) is 2.00. The predicted molar refractivity (Wildman–Crippen MR) is 80.2 cm³/mol. The van der Waals surface area contributed by atoms with Crippen LogP contribution in [0.4, 0.5) is 0 Å². The lowest BCUT2D eigenvalue weighted by Gasteiger charge is -2.22. The molecule has 1 heterocycles. The van der Waals surface area contributed by atoms with Gasteiger partial charge in [-0.2, -0.15) is 5.10 Å². The molecule has 2 rings (SSSR count). The van der Waals surface area contributed by atoms with Crippen molar-refractivity contribution in [3.8, 4) is 0 Å². The maximum Gasteiger partial charge on any atom is 0.0640 e. The van der Waals surface area contributed by atoms with Crippen molar-refractivity contribution in [3.05, 3.63) is 18.0 Å². The Balaban J connectivity index is 1.87. The smallest absolute Gasteiger partial charge is 0.0640 e. The van der Waals surface area contributed by atoms with Gasteiger partial charge >= 0.3 is 0 Å². The summed E-state index contributed by atoms with van der Waals surface area (Å²) in [5.41, 5.74) is 1.22. The standard InChI is InChI=1S/C16H29N3/c1-3-17-16(13-15-10-11-19(2)18-15)12-14-8-6-4-5-7-9-14/h10-11,14,16-17H,3-9,12-13H2,1-2H3. The summed E-state index contributed by atoms with van der Waals surface area (Å²) >= 11 is 0. The molecule has 1 aliphatic rings. The minimum atomic E-state index is 0.600. The quantitative estimate of drug-likeness (QED) is 0.798. The summed E-state index contributed by atoms with van der Waals surface area (Å²) in [6.45, 7) is 3.27. The summed E-state index contributed by atoms with van der Waals surface area (Å²) < 4.78 is 1.91. The summed E-state index contributed by atoms with van der Waals surface area (Å²) in [5, 5.41) is 8.18. The lowest BCUT2D eigenvalue weighted by atomic mass is 9.91. The van der Waals surface area contributed by atoms with E-state index >= 15 is 0 Å². The molecule has 1 unspecified atom stereocenters. The molecule has 0 spiro atoms. The number of nitrogens with zero attached hydrogens (tertiary/aromatic N) is 2. The predicted octanol–water partition coefficient (Wildman–Crippen LogP) is 3.30. The van der Waals surface area contributed by atoms with Crippen LogP contribution in [0.25, 0.3) is 0 Å². The van der Waals surface area contributed by atoms with E-state index in [1.165, 1.54) is 50.6 Å². The lowest BCUT2D eigenvalue weighted by Crippen LogP contribution is -2.33. The molecule has 19 heavy (non-hydrogen) atoms. The molecule has 0 aliphatic heterocycles. The first-order chi connectivity index (χ1) is 9.28. The molecule has 1 fully saturated rings. The van der Waals surface area contributed by atoms with Crippen LogP contribution >= 0.6 is 0 Å². The van der Waals surface area contributed by atoms with Crippen LogP contribution in [0.5, 0.6) is 0 Å². The molecule has 0 radical (unpaired) electrons. The van der Waals surface area contributed by atoms with Crippen molar-refractivity contribution in [2.24, 2.45) is 13.0 Å². The van der Waals surface area contributed by atoms with Gasteiger partial charge in [0.1, 0.15) is 0 Å². The van der Waals surface area contributed by atoms with Crippen LogP contribution in [-0.4, -0.2) is 22.4 Å².